The minimum absolute atomic E-state index is 0.397. The molecule has 0 fully saturated rings. The molecule has 114 valence electrons. The molecule has 0 radical (unpaired) electrons. The van der Waals surface area contributed by atoms with Gasteiger partial charge in [0.05, 0.1) is 12.5 Å². The largest absolute Gasteiger partial charge is 0.461 e. The zero-order valence-corrected chi connectivity index (χ0v) is 14.1. The molecular formula is C15H10BrN5OS. The number of hydrogen-bond donors (Lipinski definition) is 2. The van der Waals surface area contributed by atoms with Crippen molar-refractivity contribution in [1.82, 2.24) is 19.9 Å². The summed E-state index contributed by atoms with van der Waals surface area (Å²) in [5.74, 6) is 1.12. The maximum Gasteiger partial charge on any atom is 0.219 e. The normalized spacial score (nSPS) is 11.7. The molecule has 2 N–H and O–H groups in total. The predicted molar refractivity (Wildman–Crippen MR) is 94.1 cm³/mol. The SMILES string of the molecule is S=c1[nH]nc(-c2ccco2)n1/N=C/c1c[nH]c2ccc(Br)cc12. The summed E-state index contributed by atoms with van der Waals surface area (Å²) >= 11 is 8.72. The quantitative estimate of drug-likeness (QED) is 0.405. The molecule has 0 aliphatic rings. The van der Waals surface area contributed by atoms with Crippen molar-refractivity contribution >= 4 is 45.3 Å². The number of hydrogen-bond acceptors (Lipinski definition) is 4. The molecule has 0 aliphatic carbocycles. The zero-order valence-electron chi connectivity index (χ0n) is 11.7. The molecule has 0 saturated carbocycles. The summed E-state index contributed by atoms with van der Waals surface area (Å²) in [6.45, 7) is 0. The first kappa shape index (κ1) is 14.2. The molecule has 4 rings (SSSR count). The summed E-state index contributed by atoms with van der Waals surface area (Å²) in [7, 11) is 0. The van der Waals surface area contributed by atoms with Crippen molar-refractivity contribution in [1.29, 1.82) is 0 Å². The van der Waals surface area contributed by atoms with E-state index in [0.717, 1.165) is 20.9 Å². The molecule has 3 aromatic heterocycles. The van der Waals surface area contributed by atoms with Crippen molar-refractivity contribution in [3.05, 3.63) is 57.6 Å². The molecule has 0 saturated heterocycles. The Morgan fingerprint density at radius 2 is 2.26 bits per heavy atom. The van der Waals surface area contributed by atoms with Crippen LogP contribution in [0.2, 0.25) is 0 Å². The van der Waals surface area contributed by atoms with Crippen LogP contribution >= 0.6 is 28.1 Å². The average Bonchev–Trinajstić information content (AvgIpc) is 3.25. The fourth-order valence-electron chi connectivity index (χ4n) is 2.31. The highest BCUT2D eigenvalue weighted by Crippen LogP contribution is 2.22. The van der Waals surface area contributed by atoms with E-state index in [1.165, 1.54) is 4.68 Å². The topological polar surface area (TPSA) is 74.9 Å². The van der Waals surface area contributed by atoms with Gasteiger partial charge < -0.3 is 9.40 Å². The highest BCUT2D eigenvalue weighted by atomic mass is 79.9. The van der Waals surface area contributed by atoms with E-state index in [2.05, 4.69) is 36.2 Å². The van der Waals surface area contributed by atoms with Gasteiger partial charge in [-0.25, -0.2) is 5.10 Å². The van der Waals surface area contributed by atoms with Crippen LogP contribution in [0.25, 0.3) is 22.5 Å². The van der Waals surface area contributed by atoms with Crippen LogP contribution in [-0.2, 0) is 0 Å². The van der Waals surface area contributed by atoms with Crippen LogP contribution in [0.1, 0.15) is 5.56 Å². The number of benzene rings is 1. The van der Waals surface area contributed by atoms with Crippen molar-refractivity contribution in [2.45, 2.75) is 0 Å². The van der Waals surface area contributed by atoms with Gasteiger partial charge in [0, 0.05) is 27.1 Å². The standard InChI is InChI=1S/C15H10BrN5OS/c16-10-3-4-12-11(6-10)9(7-17-12)8-18-21-14(19-20-15(21)23)13-2-1-5-22-13/h1-8,17H,(H,20,23)/b18-8+. The van der Waals surface area contributed by atoms with Crippen LogP contribution in [0, 0.1) is 4.77 Å². The first-order chi connectivity index (χ1) is 11.2. The van der Waals surface area contributed by atoms with Crippen LogP contribution in [0.15, 0.2) is 56.8 Å². The number of aromatic nitrogens is 4. The van der Waals surface area contributed by atoms with Gasteiger partial charge in [-0.15, -0.1) is 5.10 Å². The van der Waals surface area contributed by atoms with E-state index in [1.807, 2.05) is 24.4 Å². The monoisotopic (exact) mass is 387 g/mol. The smallest absolute Gasteiger partial charge is 0.219 e. The van der Waals surface area contributed by atoms with Gasteiger partial charge >= 0.3 is 0 Å². The average molecular weight is 388 g/mol. The Balaban J connectivity index is 1.78. The molecule has 0 amide bonds. The molecule has 0 unspecified atom stereocenters. The van der Waals surface area contributed by atoms with Crippen molar-refractivity contribution in [3.63, 3.8) is 0 Å². The molecule has 4 aromatic rings. The van der Waals surface area contributed by atoms with E-state index in [-0.39, 0.29) is 0 Å². The van der Waals surface area contributed by atoms with Crippen molar-refractivity contribution in [2.75, 3.05) is 0 Å². The molecule has 0 spiro atoms. The molecule has 0 atom stereocenters. The second-order valence-corrected chi connectivity index (χ2v) is 6.12. The van der Waals surface area contributed by atoms with Gasteiger partial charge in [-0.1, -0.05) is 15.9 Å². The Kier molecular flexibility index (Phi) is 3.47. The predicted octanol–water partition coefficient (Wildman–Crippen LogP) is 4.33. The van der Waals surface area contributed by atoms with Gasteiger partial charge in [0.25, 0.3) is 0 Å². The fourth-order valence-corrected chi connectivity index (χ4v) is 2.85. The Hall–Kier alpha value is -2.45. The van der Waals surface area contributed by atoms with E-state index in [9.17, 15) is 0 Å². The number of nitrogens with one attached hydrogen (secondary N) is 2. The summed E-state index contributed by atoms with van der Waals surface area (Å²) in [5, 5.41) is 12.4. The Morgan fingerprint density at radius 1 is 1.35 bits per heavy atom. The van der Waals surface area contributed by atoms with Crippen LogP contribution in [0.5, 0.6) is 0 Å². The van der Waals surface area contributed by atoms with E-state index >= 15 is 0 Å². The molecule has 1 aromatic carbocycles. The maximum atomic E-state index is 5.36. The lowest BCUT2D eigenvalue weighted by molar-refractivity contribution is 0.573. The lowest BCUT2D eigenvalue weighted by atomic mass is 10.2. The van der Waals surface area contributed by atoms with Crippen molar-refractivity contribution in [3.8, 4) is 11.6 Å². The maximum absolute atomic E-state index is 5.36. The number of H-pyrrole nitrogens is 2. The molecule has 8 heteroatoms. The van der Waals surface area contributed by atoms with Gasteiger partial charge in [-0.3, -0.25) is 0 Å². The Labute approximate surface area is 144 Å². The highest BCUT2D eigenvalue weighted by Gasteiger charge is 2.10. The van der Waals surface area contributed by atoms with Gasteiger partial charge in [0.2, 0.25) is 10.6 Å². The first-order valence-corrected chi connectivity index (χ1v) is 7.95. The molecule has 6 nitrogen and oxygen atoms in total. The van der Waals surface area contributed by atoms with Gasteiger partial charge in [-0.05, 0) is 42.5 Å². The highest BCUT2D eigenvalue weighted by molar-refractivity contribution is 9.10. The number of halogens is 1. The summed E-state index contributed by atoms with van der Waals surface area (Å²) in [4.78, 5) is 3.21. The summed E-state index contributed by atoms with van der Waals surface area (Å²) in [5.41, 5.74) is 1.99. The first-order valence-electron chi connectivity index (χ1n) is 6.74. The van der Waals surface area contributed by atoms with E-state index in [0.29, 0.717) is 16.4 Å². The minimum Gasteiger partial charge on any atom is -0.461 e. The van der Waals surface area contributed by atoms with Crippen LogP contribution in [-0.4, -0.2) is 26.1 Å². The van der Waals surface area contributed by atoms with E-state index < -0.39 is 0 Å². The lowest BCUT2D eigenvalue weighted by Crippen LogP contribution is -1.93. The fraction of sp³-hybridized carbons (Fsp3) is 0. The van der Waals surface area contributed by atoms with Gasteiger partial charge in [0.15, 0.2) is 5.76 Å². The van der Waals surface area contributed by atoms with E-state index in [4.69, 9.17) is 16.6 Å². The van der Waals surface area contributed by atoms with Gasteiger partial charge in [0.1, 0.15) is 0 Å². The van der Waals surface area contributed by atoms with Gasteiger partial charge in [-0.2, -0.15) is 9.78 Å². The Bertz CT molecular complexity index is 1060. The number of aromatic amines is 2. The zero-order chi connectivity index (χ0) is 15.8. The summed E-state index contributed by atoms with van der Waals surface area (Å²) in [6, 6.07) is 9.63. The van der Waals surface area contributed by atoms with Crippen molar-refractivity contribution < 1.29 is 4.42 Å². The minimum atomic E-state index is 0.397. The second kappa shape index (κ2) is 5.64. The molecule has 0 bridgehead atoms. The third-order valence-electron chi connectivity index (χ3n) is 3.38. The Morgan fingerprint density at radius 3 is 3.09 bits per heavy atom. The van der Waals surface area contributed by atoms with E-state index in [1.54, 1.807) is 24.6 Å². The molecule has 23 heavy (non-hydrogen) atoms. The van der Waals surface area contributed by atoms with Crippen molar-refractivity contribution in [2.24, 2.45) is 5.10 Å². The lowest BCUT2D eigenvalue weighted by Gasteiger charge is -1.97. The molecule has 0 aliphatic heterocycles. The van der Waals surface area contributed by atoms with Crippen LogP contribution in [0.4, 0.5) is 0 Å². The summed E-state index contributed by atoms with van der Waals surface area (Å²) < 4.78 is 8.30. The number of rotatable bonds is 3. The second-order valence-electron chi connectivity index (χ2n) is 4.82. The number of fused-ring (bicyclic) bond motifs is 1. The third-order valence-corrected chi connectivity index (χ3v) is 4.14. The number of furan rings is 1. The number of nitrogens with zero attached hydrogens (tertiary/aromatic N) is 3. The van der Waals surface area contributed by atoms with Crippen LogP contribution in [0.3, 0.4) is 0 Å². The molecular weight excluding hydrogens is 378 g/mol. The summed E-state index contributed by atoms with van der Waals surface area (Å²) in [6.07, 6.45) is 5.22. The third kappa shape index (κ3) is 2.55. The molecule has 3 heterocycles. The van der Waals surface area contributed by atoms with Crippen LogP contribution < -0.4 is 0 Å².